The van der Waals surface area contributed by atoms with Gasteiger partial charge in [-0.15, -0.1) is 0 Å². The fourth-order valence-electron chi connectivity index (χ4n) is 2.61. The van der Waals surface area contributed by atoms with Crippen LogP contribution in [0.4, 0.5) is 0 Å². The van der Waals surface area contributed by atoms with E-state index < -0.39 is 0 Å². The highest BCUT2D eigenvalue weighted by Gasteiger charge is 2.13. The van der Waals surface area contributed by atoms with Crippen LogP contribution in [-0.2, 0) is 0 Å². The number of aromatic amines is 2. The molecule has 0 spiro atoms. The van der Waals surface area contributed by atoms with Crippen LogP contribution in [0, 0.1) is 0 Å². The summed E-state index contributed by atoms with van der Waals surface area (Å²) >= 11 is 0. The summed E-state index contributed by atoms with van der Waals surface area (Å²) in [6.07, 6.45) is 0. The minimum absolute atomic E-state index is 0.242. The van der Waals surface area contributed by atoms with Gasteiger partial charge in [0.25, 0.3) is 11.1 Å². The van der Waals surface area contributed by atoms with E-state index in [1.165, 1.54) is 4.68 Å². The molecule has 0 saturated carbocycles. The lowest BCUT2D eigenvalue weighted by molar-refractivity contribution is 0.801. The summed E-state index contributed by atoms with van der Waals surface area (Å²) in [5.74, 6) is 0. The highest BCUT2D eigenvalue weighted by molar-refractivity contribution is 6.06. The largest absolute Gasteiger partial charge is 0.350 e. The van der Waals surface area contributed by atoms with E-state index in [4.69, 9.17) is 0 Å². The smallest absolute Gasteiger partial charge is 0.287 e. The third-order valence-electron chi connectivity index (χ3n) is 3.58. The maximum atomic E-state index is 12.7. The summed E-state index contributed by atoms with van der Waals surface area (Å²) in [4.78, 5) is 28.0. The van der Waals surface area contributed by atoms with Gasteiger partial charge in [0.15, 0.2) is 0 Å². The molecule has 0 bridgehead atoms. The molecule has 2 aromatic carbocycles. The first-order valence-electron chi connectivity index (χ1n) is 6.57. The van der Waals surface area contributed by atoms with Crippen LogP contribution in [0.3, 0.4) is 0 Å². The van der Waals surface area contributed by atoms with Crippen LogP contribution in [-0.4, -0.2) is 14.8 Å². The summed E-state index contributed by atoms with van der Waals surface area (Å²) in [7, 11) is 0. The van der Waals surface area contributed by atoms with Crippen LogP contribution in [0.25, 0.3) is 27.5 Å². The second kappa shape index (κ2) is 4.21. The van der Waals surface area contributed by atoms with Gasteiger partial charge >= 0.3 is 0 Å². The maximum absolute atomic E-state index is 12.7. The van der Waals surface area contributed by atoms with Crippen molar-refractivity contribution in [2.45, 2.75) is 0 Å². The Kier molecular flexibility index (Phi) is 2.35. The van der Waals surface area contributed by atoms with Crippen LogP contribution < -0.4 is 11.1 Å². The van der Waals surface area contributed by atoms with Crippen molar-refractivity contribution < 1.29 is 0 Å². The number of benzene rings is 2. The van der Waals surface area contributed by atoms with Gasteiger partial charge in [0.2, 0.25) is 0 Å². The predicted octanol–water partition coefficient (Wildman–Crippen LogP) is 2.16. The first-order chi connectivity index (χ1) is 10.3. The first kappa shape index (κ1) is 11.7. The Morgan fingerprint density at radius 2 is 1.57 bits per heavy atom. The molecule has 5 nitrogen and oxygen atoms in total. The van der Waals surface area contributed by atoms with E-state index in [1.54, 1.807) is 12.1 Å². The van der Waals surface area contributed by atoms with E-state index >= 15 is 0 Å². The van der Waals surface area contributed by atoms with Gasteiger partial charge in [0.1, 0.15) is 5.52 Å². The molecule has 0 aliphatic heterocycles. The van der Waals surface area contributed by atoms with Gasteiger partial charge in [-0.2, -0.15) is 0 Å². The second-order valence-corrected chi connectivity index (χ2v) is 4.84. The van der Waals surface area contributed by atoms with Crippen molar-refractivity contribution in [3.63, 3.8) is 0 Å². The Bertz CT molecular complexity index is 1070. The zero-order chi connectivity index (χ0) is 14.4. The number of para-hydroxylation sites is 2. The van der Waals surface area contributed by atoms with Crippen molar-refractivity contribution in [3.05, 3.63) is 75.3 Å². The predicted molar refractivity (Wildman–Crippen MR) is 82.0 cm³/mol. The number of nitrogens with zero attached hydrogens (tertiary/aromatic N) is 1. The molecule has 102 valence electrons. The quantitative estimate of drug-likeness (QED) is 0.559. The summed E-state index contributed by atoms with van der Waals surface area (Å²) in [5, 5.41) is 3.79. The van der Waals surface area contributed by atoms with Crippen LogP contribution in [0.2, 0.25) is 0 Å². The van der Waals surface area contributed by atoms with Crippen molar-refractivity contribution >= 4 is 21.8 Å². The molecule has 2 heterocycles. The number of hydrogen-bond donors (Lipinski definition) is 2. The monoisotopic (exact) mass is 277 g/mol. The molecule has 0 aliphatic rings. The molecule has 0 amide bonds. The Labute approximate surface area is 118 Å². The Morgan fingerprint density at radius 3 is 2.38 bits per heavy atom. The summed E-state index contributed by atoms with van der Waals surface area (Å²) in [6.45, 7) is 0. The van der Waals surface area contributed by atoms with Crippen molar-refractivity contribution in [2.24, 2.45) is 0 Å². The Hall–Kier alpha value is -3.08. The van der Waals surface area contributed by atoms with Gasteiger partial charge in [0, 0.05) is 10.9 Å². The van der Waals surface area contributed by atoms with Gasteiger partial charge in [0.05, 0.1) is 11.1 Å². The SMILES string of the molecule is O=c1[nH]n(-c2ccccc2)c(=O)c2c1[nH]c1ccccc12. The molecule has 0 aliphatic carbocycles. The van der Waals surface area contributed by atoms with E-state index in [-0.39, 0.29) is 11.1 Å². The zero-order valence-electron chi connectivity index (χ0n) is 11.0. The lowest BCUT2D eigenvalue weighted by atomic mass is 10.2. The second-order valence-electron chi connectivity index (χ2n) is 4.84. The highest BCUT2D eigenvalue weighted by Crippen LogP contribution is 2.19. The van der Waals surface area contributed by atoms with Crippen LogP contribution in [0.5, 0.6) is 0 Å². The summed E-state index contributed by atoms with van der Waals surface area (Å²) in [6, 6.07) is 16.4. The van der Waals surface area contributed by atoms with Crippen LogP contribution in [0.15, 0.2) is 64.2 Å². The van der Waals surface area contributed by atoms with Gasteiger partial charge in [-0.3, -0.25) is 14.7 Å². The zero-order valence-corrected chi connectivity index (χ0v) is 11.0. The molecule has 0 saturated heterocycles. The fraction of sp³-hybridized carbons (Fsp3) is 0. The molecule has 0 atom stereocenters. The minimum atomic E-state index is -0.315. The van der Waals surface area contributed by atoms with E-state index in [0.717, 1.165) is 10.9 Å². The van der Waals surface area contributed by atoms with Gasteiger partial charge in [-0.05, 0) is 18.2 Å². The molecule has 5 heteroatoms. The van der Waals surface area contributed by atoms with Crippen molar-refractivity contribution in [1.82, 2.24) is 14.8 Å². The number of nitrogens with one attached hydrogen (secondary N) is 2. The van der Waals surface area contributed by atoms with E-state index in [1.807, 2.05) is 42.5 Å². The third-order valence-corrected chi connectivity index (χ3v) is 3.58. The molecule has 0 radical (unpaired) electrons. The molecule has 4 aromatic rings. The summed E-state index contributed by atoms with van der Waals surface area (Å²) < 4.78 is 1.28. The molecule has 4 rings (SSSR count). The molecular formula is C16H11N3O2. The Balaban J connectivity index is 2.22. The van der Waals surface area contributed by atoms with E-state index in [0.29, 0.717) is 16.6 Å². The van der Waals surface area contributed by atoms with Crippen LogP contribution >= 0.6 is 0 Å². The number of rotatable bonds is 1. The van der Waals surface area contributed by atoms with Crippen molar-refractivity contribution in [1.29, 1.82) is 0 Å². The van der Waals surface area contributed by atoms with Crippen LogP contribution in [0.1, 0.15) is 0 Å². The number of hydrogen-bond acceptors (Lipinski definition) is 2. The minimum Gasteiger partial charge on any atom is -0.350 e. The maximum Gasteiger partial charge on any atom is 0.287 e. The molecule has 2 N–H and O–H groups in total. The van der Waals surface area contributed by atoms with E-state index in [2.05, 4.69) is 10.1 Å². The standard InChI is InChI=1S/C16H11N3O2/c20-15-14-13(11-8-4-5-9-12(11)17-14)16(21)19(18-15)10-6-2-1-3-7-10/h1-9,17H,(H,18,20). The number of fused-ring (bicyclic) bond motifs is 3. The third kappa shape index (κ3) is 1.64. The fourth-order valence-corrected chi connectivity index (χ4v) is 2.61. The molecule has 0 fully saturated rings. The first-order valence-corrected chi connectivity index (χ1v) is 6.57. The molecular weight excluding hydrogens is 266 g/mol. The molecule has 2 aromatic heterocycles. The van der Waals surface area contributed by atoms with E-state index in [9.17, 15) is 9.59 Å². The van der Waals surface area contributed by atoms with Crippen molar-refractivity contribution in [3.8, 4) is 5.69 Å². The van der Waals surface area contributed by atoms with Gasteiger partial charge in [-0.25, -0.2) is 4.68 Å². The highest BCUT2D eigenvalue weighted by atomic mass is 16.2. The number of aromatic nitrogens is 3. The summed E-state index contributed by atoms with van der Waals surface area (Å²) in [5.41, 5.74) is 1.17. The average Bonchev–Trinajstić information content (AvgIpc) is 2.92. The average molecular weight is 277 g/mol. The Morgan fingerprint density at radius 1 is 0.857 bits per heavy atom. The topological polar surface area (TPSA) is 70.7 Å². The lowest BCUT2D eigenvalue weighted by Crippen LogP contribution is -2.28. The molecule has 0 unspecified atom stereocenters. The molecule has 21 heavy (non-hydrogen) atoms. The van der Waals surface area contributed by atoms with Gasteiger partial charge in [-0.1, -0.05) is 36.4 Å². The normalized spacial score (nSPS) is 11.2. The lowest BCUT2D eigenvalue weighted by Gasteiger charge is -2.04. The number of H-pyrrole nitrogens is 2. The van der Waals surface area contributed by atoms with Crippen molar-refractivity contribution in [2.75, 3.05) is 0 Å². The van der Waals surface area contributed by atoms with Gasteiger partial charge < -0.3 is 4.98 Å².